The molecule has 0 bridgehead atoms. The zero-order valence-electron chi connectivity index (χ0n) is 13.9. The highest BCUT2D eigenvalue weighted by molar-refractivity contribution is 6.30. The molecule has 138 valence electrons. The van der Waals surface area contributed by atoms with Crippen molar-refractivity contribution in [2.75, 3.05) is 13.7 Å². The standard InChI is InChI=1S/C18H17ClFNO5/c1-25-18(24)21-9-16(12-3-2-4-13(19)8-12)26-10-11-5-6-15(20)14(7-11)17(22)23/h2-8,16H,9-10H2,1H3,(H,21,24)(H,22,23). The molecule has 26 heavy (non-hydrogen) atoms. The van der Waals surface area contributed by atoms with Crippen molar-refractivity contribution < 1.29 is 28.6 Å². The van der Waals surface area contributed by atoms with Crippen LogP contribution in [0.5, 0.6) is 0 Å². The van der Waals surface area contributed by atoms with Gasteiger partial charge >= 0.3 is 12.1 Å². The van der Waals surface area contributed by atoms with Crippen LogP contribution in [0.15, 0.2) is 42.5 Å². The summed E-state index contributed by atoms with van der Waals surface area (Å²) in [7, 11) is 1.25. The van der Waals surface area contributed by atoms with Gasteiger partial charge in [0.05, 0.1) is 25.8 Å². The van der Waals surface area contributed by atoms with Gasteiger partial charge in [-0.3, -0.25) is 0 Å². The van der Waals surface area contributed by atoms with Crippen LogP contribution in [-0.4, -0.2) is 30.8 Å². The van der Waals surface area contributed by atoms with E-state index in [4.69, 9.17) is 21.4 Å². The third-order valence-corrected chi connectivity index (χ3v) is 3.79. The first-order valence-electron chi connectivity index (χ1n) is 7.61. The highest BCUT2D eigenvalue weighted by Crippen LogP contribution is 2.22. The van der Waals surface area contributed by atoms with E-state index in [1.807, 2.05) is 0 Å². The number of carboxylic acid groups (broad SMARTS) is 1. The molecule has 0 heterocycles. The average Bonchev–Trinajstić information content (AvgIpc) is 2.62. The smallest absolute Gasteiger partial charge is 0.406 e. The molecule has 0 spiro atoms. The predicted octanol–water partition coefficient (Wildman–Crippen LogP) is 3.79. The van der Waals surface area contributed by atoms with Crippen LogP contribution in [0.4, 0.5) is 9.18 Å². The van der Waals surface area contributed by atoms with E-state index in [2.05, 4.69) is 10.1 Å². The lowest BCUT2D eigenvalue weighted by Crippen LogP contribution is -2.29. The first-order chi connectivity index (χ1) is 12.4. The normalized spacial score (nSPS) is 11.7. The summed E-state index contributed by atoms with van der Waals surface area (Å²) < 4.78 is 23.8. The molecule has 1 atom stereocenters. The van der Waals surface area contributed by atoms with Crippen molar-refractivity contribution in [1.82, 2.24) is 5.32 Å². The van der Waals surface area contributed by atoms with Crippen molar-refractivity contribution in [3.8, 4) is 0 Å². The van der Waals surface area contributed by atoms with Gasteiger partial charge in [0, 0.05) is 5.02 Å². The zero-order chi connectivity index (χ0) is 19.1. The van der Waals surface area contributed by atoms with E-state index in [0.717, 1.165) is 11.6 Å². The van der Waals surface area contributed by atoms with Crippen molar-refractivity contribution in [2.24, 2.45) is 0 Å². The molecule has 8 heteroatoms. The molecule has 0 fully saturated rings. The van der Waals surface area contributed by atoms with Gasteiger partial charge < -0.3 is 19.9 Å². The molecule has 2 aromatic rings. The van der Waals surface area contributed by atoms with E-state index < -0.39 is 29.5 Å². The van der Waals surface area contributed by atoms with Gasteiger partial charge in [-0.05, 0) is 35.4 Å². The number of carbonyl (C=O) groups is 2. The van der Waals surface area contributed by atoms with Crippen LogP contribution < -0.4 is 5.32 Å². The fourth-order valence-electron chi connectivity index (χ4n) is 2.25. The van der Waals surface area contributed by atoms with Gasteiger partial charge in [0.1, 0.15) is 11.9 Å². The summed E-state index contributed by atoms with van der Waals surface area (Å²) in [6.45, 7) is 0.126. The fourth-order valence-corrected chi connectivity index (χ4v) is 2.45. The Kier molecular flexibility index (Phi) is 6.94. The highest BCUT2D eigenvalue weighted by Gasteiger charge is 2.16. The lowest BCUT2D eigenvalue weighted by atomic mass is 10.1. The van der Waals surface area contributed by atoms with Gasteiger partial charge in [0.2, 0.25) is 0 Å². The minimum Gasteiger partial charge on any atom is -0.478 e. The maximum atomic E-state index is 13.5. The average molecular weight is 382 g/mol. The van der Waals surface area contributed by atoms with Crippen LogP contribution in [0, 0.1) is 5.82 Å². The van der Waals surface area contributed by atoms with Gasteiger partial charge in [-0.25, -0.2) is 14.0 Å². The number of benzene rings is 2. The lowest BCUT2D eigenvalue weighted by Gasteiger charge is -2.19. The number of hydrogen-bond donors (Lipinski definition) is 2. The SMILES string of the molecule is COC(=O)NCC(OCc1ccc(F)c(C(=O)O)c1)c1cccc(Cl)c1. The van der Waals surface area contributed by atoms with Crippen LogP contribution in [0.3, 0.4) is 0 Å². The molecule has 6 nitrogen and oxygen atoms in total. The van der Waals surface area contributed by atoms with Crippen molar-refractivity contribution in [3.63, 3.8) is 0 Å². The molecule has 1 amide bonds. The molecule has 0 aliphatic heterocycles. The topological polar surface area (TPSA) is 84.9 Å². The Morgan fingerprint density at radius 3 is 2.69 bits per heavy atom. The Morgan fingerprint density at radius 2 is 2.04 bits per heavy atom. The minimum atomic E-state index is -1.36. The second kappa shape index (κ2) is 9.17. The third-order valence-electron chi connectivity index (χ3n) is 3.55. The number of halogens is 2. The predicted molar refractivity (Wildman–Crippen MR) is 92.7 cm³/mol. The van der Waals surface area contributed by atoms with Gasteiger partial charge in [0.15, 0.2) is 0 Å². The van der Waals surface area contributed by atoms with E-state index in [0.29, 0.717) is 10.6 Å². The Morgan fingerprint density at radius 1 is 1.27 bits per heavy atom. The second-order valence-corrected chi connectivity index (χ2v) is 5.78. The Balaban J connectivity index is 2.15. The zero-order valence-corrected chi connectivity index (χ0v) is 14.6. The molecule has 0 aliphatic carbocycles. The number of aromatic carboxylic acids is 1. The summed E-state index contributed by atoms with van der Waals surface area (Å²) in [6.07, 6.45) is -1.18. The number of rotatable bonds is 7. The maximum Gasteiger partial charge on any atom is 0.406 e. The Labute approximate surface area is 154 Å². The largest absolute Gasteiger partial charge is 0.478 e. The van der Waals surface area contributed by atoms with Gasteiger partial charge in [-0.15, -0.1) is 0 Å². The molecule has 2 aromatic carbocycles. The summed E-state index contributed by atoms with van der Waals surface area (Å²) in [4.78, 5) is 22.3. The van der Waals surface area contributed by atoms with Crippen molar-refractivity contribution in [2.45, 2.75) is 12.7 Å². The summed E-state index contributed by atoms with van der Waals surface area (Å²) in [5.41, 5.74) is 0.765. The van der Waals surface area contributed by atoms with Gasteiger partial charge in [-0.1, -0.05) is 29.8 Å². The van der Waals surface area contributed by atoms with E-state index in [-0.39, 0.29) is 13.2 Å². The van der Waals surface area contributed by atoms with Crippen LogP contribution >= 0.6 is 11.6 Å². The third kappa shape index (κ3) is 5.44. The summed E-state index contributed by atoms with van der Waals surface area (Å²) >= 11 is 5.99. The summed E-state index contributed by atoms with van der Waals surface area (Å²) in [5.74, 6) is -2.18. The molecule has 1 unspecified atom stereocenters. The van der Waals surface area contributed by atoms with E-state index >= 15 is 0 Å². The van der Waals surface area contributed by atoms with Crippen LogP contribution in [0.2, 0.25) is 5.02 Å². The highest BCUT2D eigenvalue weighted by atomic mass is 35.5. The van der Waals surface area contributed by atoms with E-state index in [1.54, 1.807) is 24.3 Å². The number of amides is 1. The molecule has 0 saturated carbocycles. The quantitative estimate of drug-likeness (QED) is 0.762. The number of carboxylic acids is 1. The number of nitrogens with one attached hydrogen (secondary N) is 1. The molecule has 0 aromatic heterocycles. The number of ether oxygens (including phenoxy) is 2. The molecule has 2 rings (SSSR count). The Bertz CT molecular complexity index is 799. The van der Waals surface area contributed by atoms with Crippen molar-refractivity contribution in [1.29, 1.82) is 0 Å². The lowest BCUT2D eigenvalue weighted by molar-refractivity contribution is 0.0392. The molecular weight excluding hydrogens is 365 g/mol. The van der Waals surface area contributed by atoms with Crippen molar-refractivity contribution >= 4 is 23.7 Å². The number of carbonyl (C=O) groups excluding carboxylic acids is 1. The summed E-state index contributed by atoms with van der Waals surface area (Å²) in [5, 5.41) is 12.0. The molecule has 0 aliphatic rings. The maximum absolute atomic E-state index is 13.5. The Hall–Kier alpha value is -2.64. The minimum absolute atomic E-state index is 0.0145. The molecular formula is C18H17ClFNO5. The van der Waals surface area contributed by atoms with Gasteiger partial charge in [-0.2, -0.15) is 0 Å². The number of hydrogen-bond acceptors (Lipinski definition) is 4. The number of alkyl carbamates (subject to hydrolysis) is 1. The van der Waals surface area contributed by atoms with Crippen LogP contribution in [-0.2, 0) is 16.1 Å². The number of methoxy groups -OCH3 is 1. The van der Waals surface area contributed by atoms with Crippen LogP contribution in [0.25, 0.3) is 0 Å². The first kappa shape index (κ1) is 19.7. The van der Waals surface area contributed by atoms with Gasteiger partial charge in [0.25, 0.3) is 0 Å². The second-order valence-electron chi connectivity index (χ2n) is 5.35. The molecule has 2 N–H and O–H groups in total. The summed E-state index contributed by atoms with van der Waals surface area (Å²) in [6, 6.07) is 10.6. The van der Waals surface area contributed by atoms with Crippen LogP contribution in [0.1, 0.15) is 27.6 Å². The first-order valence-corrected chi connectivity index (χ1v) is 7.99. The van der Waals surface area contributed by atoms with E-state index in [9.17, 15) is 14.0 Å². The fraction of sp³-hybridized carbons (Fsp3) is 0.222. The molecule has 0 saturated heterocycles. The van der Waals surface area contributed by atoms with Crippen molar-refractivity contribution in [3.05, 3.63) is 70.0 Å². The molecule has 0 radical (unpaired) electrons. The monoisotopic (exact) mass is 381 g/mol. The van der Waals surface area contributed by atoms with E-state index in [1.165, 1.54) is 19.2 Å².